The number of unbranched alkanes of at least 4 members (excludes halogenated alkanes) is 7. The molecule has 3 unspecified atom stereocenters. The van der Waals surface area contributed by atoms with Gasteiger partial charge in [0.05, 0.1) is 6.61 Å². The van der Waals surface area contributed by atoms with Crippen LogP contribution in [0.25, 0.3) is 0 Å². The van der Waals surface area contributed by atoms with Crippen LogP contribution in [0.15, 0.2) is 12.2 Å². The molecule has 0 radical (unpaired) electrons. The molecule has 0 aromatic carbocycles. The number of hydrogen-bond donors (Lipinski definition) is 3. The molecule has 1 saturated heterocycles. The fourth-order valence-electron chi connectivity index (χ4n) is 3.26. The van der Waals surface area contributed by atoms with Crippen LogP contribution < -0.4 is 5.73 Å². The highest BCUT2D eigenvalue weighted by Crippen LogP contribution is 2.26. The predicted octanol–water partition coefficient (Wildman–Crippen LogP) is 3.21. The highest BCUT2D eigenvalue weighted by atomic mass is 35.5. The van der Waals surface area contributed by atoms with Crippen LogP contribution in [0, 0.1) is 0 Å². The van der Waals surface area contributed by atoms with Crippen LogP contribution in [0.3, 0.4) is 0 Å². The number of carbonyl (C=O) groups excluding carboxylic acids is 2. The van der Waals surface area contributed by atoms with Crippen molar-refractivity contribution >= 4 is 24.2 Å². The first-order chi connectivity index (χ1) is 13.0. The zero-order chi connectivity index (χ0) is 20.1. The molecule has 0 aromatic rings. The van der Waals surface area contributed by atoms with Crippen molar-refractivity contribution in [1.82, 2.24) is 0 Å². The van der Waals surface area contributed by atoms with Gasteiger partial charge in [0.1, 0.15) is 18.0 Å². The summed E-state index contributed by atoms with van der Waals surface area (Å²) in [5, 5.41) is 19.2. The topological polar surface area (TPSA) is 110 Å². The van der Waals surface area contributed by atoms with Crippen LogP contribution in [0.2, 0.25) is 0 Å². The molecule has 1 fully saturated rings. The summed E-state index contributed by atoms with van der Waals surface area (Å²) in [4.78, 5) is 23.3. The van der Waals surface area contributed by atoms with Crippen molar-refractivity contribution in [2.45, 2.75) is 102 Å². The number of carbonyl (C=O) groups is 2. The molecule has 0 bridgehead atoms. The Labute approximate surface area is 175 Å². The van der Waals surface area contributed by atoms with Crippen LogP contribution in [0.5, 0.6) is 0 Å². The van der Waals surface area contributed by atoms with Crippen molar-refractivity contribution in [3.05, 3.63) is 12.2 Å². The average molecular weight is 420 g/mol. The van der Waals surface area contributed by atoms with E-state index in [2.05, 4.69) is 6.92 Å². The van der Waals surface area contributed by atoms with Crippen molar-refractivity contribution in [3.63, 3.8) is 0 Å². The predicted molar refractivity (Wildman–Crippen MR) is 112 cm³/mol. The van der Waals surface area contributed by atoms with E-state index in [9.17, 15) is 14.7 Å². The number of Topliss-reactive ketones (excluding diaryl/α,β-unsaturated/α-hetero) is 1. The largest absolute Gasteiger partial charge is 0.458 e. The monoisotopic (exact) mass is 419 g/mol. The maximum absolute atomic E-state index is 11.7. The molecule has 28 heavy (non-hydrogen) atoms. The number of esters is 1. The van der Waals surface area contributed by atoms with E-state index in [4.69, 9.17) is 15.6 Å². The summed E-state index contributed by atoms with van der Waals surface area (Å²) < 4.78 is 5.05. The van der Waals surface area contributed by atoms with Crippen molar-refractivity contribution in [2.24, 2.45) is 5.73 Å². The molecule has 3 atom stereocenters. The first-order valence-corrected chi connectivity index (χ1v) is 10.4. The Morgan fingerprint density at radius 1 is 1.11 bits per heavy atom. The molecular weight excluding hydrogens is 382 g/mol. The fourth-order valence-corrected chi connectivity index (χ4v) is 3.26. The van der Waals surface area contributed by atoms with E-state index in [-0.39, 0.29) is 12.4 Å². The Morgan fingerprint density at radius 3 is 2.29 bits per heavy atom. The molecule has 1 aliphatic rings. The van der Waals surface area contributed by atoms with E-state index in [1.807, 2.05) is 12.2 Å². The number of ether oxygens (including phenoxy) is 1. The highest BCUT2D eigenvalue weighted by molar-refractivity contribution is 5.85. The highest BCUT2D eigenvalue weighted by Gasteiger charge is 2.53. The number of cyclic esters (lactones) is 1. The van der Waals surface area contributed by atoms with Gasteiger partial charge in [0.2, 0.25) is 0 Å². The molecule has 6 nitrogen and oxygen atoms in total. The van der Waals surface area contributed by atoms with E-state index < -0.39 is 30.3 Å². The van der Waals surface area contributed by atoms with Crippen LogP contribution in [-0.4, -0.2) is 46.3 Å². The first kappa shape index (κ1) is 27.0. The molecule has 0 amide bonds. The Hall–Kier alpha value is -0.950. The third kappa shape index (κ3) is 9.03. The molecule has 4 N–H and O–H groups in total. The molecule has 0 aromatic heterocycles. The van der Waals surface area contributed by atoms with E-state index in [0.717, 1.165) is 51.4 Å². The molecule has 0 aliphatic carbocycles. The molecule has 7 heteroatoms. The number of allylic oxidation sites excluding steroid dienone is 1. The van der Waals surface area contributed by atoms with Crippen LogP contribution in [-0.2, 0) is 14.3 Å². The van der Waals surface area contributed by atoms with E-state index in [0.29, 0.717) is 18.6 Å². The Kier molecular flexibility index (Phi) is 14.5. The van der Waals surface area contributed by atoms with Crippen molar-refractivity contribution < 1.29 is 24.5 Å². The maximum Gasteiger partial charge on any atom is 0.331 e. The number of aliphatic hydroxyl groups is 2. The second-order valence-electron chi connectivity index (χ2n) is 7.60. The van der Waals surface area contributed by atoms with Gasteiger partial charge in [0, 0.05) is 19.3 Å². The lowest BCUT2D eigenvalue weighted by Gasteiger charge is -2.21. The number of rotatable bonds is 15. The molecule has 1 aliphatic heterocycles. The Morgan fingerprint density at radius 2 is 1.71 bits per heavy atom. The van der Waals surface area contributed by atoms with Gasteiger partial charge in [-0.1, -0.05) is 51.2 Å². The lowest BCUT2D eigenvalue weighted by molar-refractivity contribution is -0.146. The van der Waals surface area contributed by atoms with Crippen molar-refractivity contribution in [2.75, 3.05) is 6.61 Å². The van der Waals surface area contributed by atoms with Gasteiger partial charge in [-0.25, -0.2) is 4.79 Å². The standard InChI is InChI=1S/C21H37NO5.ClH/c1-2-3-4-10-13-17(24)14-11-8-6-5-7-9-12-15-18-19(25)21(22,16-23)20(26)27-18;/h9,12,18-19,23,25H,2-8,10-11,13-16,22H2,1H3;1H/b12-9-;. The van der Waals surface area contributed by atoms with Gasteiger partial charge in [-0.2, -0.15) is 0 Å². The Bertz CT molecular complexity index is 485. The quantitative estimate of drug-likeness (QED) is 0.213. The Balaban J connectivity index is 0.00000729. The molecule has 0 spiro atoms. The van der Waals surface area contributed by atoms with Gasteiger partial charge in [0.15, 0.2) is 5.54 Å². The summed E-state index contributed by atoms with van der Waals surface area (Å²) in [6.45, 7) is 1.54. The SMILES string of the molecule is CCCCCCC(=O)CCCCCC/C=C\CC1OC(=O)C(N)(CO)C1O.Cl. The number of nitrogens with two attached hydrogens (primary N) is 1. The third-order valence-electron chi connectivity index (χ3n) is 5.20. The third-order valence-corrected chi connectivity index (χ3v) is 5.20. The molecular formula is C21H38ClNO5. The van der Waals surface area contributed by atoms with E-state index in [1.165, 1.54) is 12.8 Å². The van der Waals surface area contributed by atoms with Gasteiger partial charge < -0.3 is 20.7 Å². The smallest absolute Gasteiger partial charge is 0.331 e. The van der Waals surface area contributed by atoms with Crippen LogP contribution in [0.1, 0.15) is 84.0 Å². The summed E-state index contributed by atoms with van der Waals surface area (Å²) in [5.41, 5.74) is 3.97. The van der Waals surface area contributed by atoms with E-state index >= 15 is 0 Å². The van der Waals surface area contributed by atoms with Gasteiger partial charge in [0.25, 0.3) is 0 Å². The minimum absolute atomic E-state index is 0. The molecule has 1 heterocycles. The lowest BCUT2D eigenvalue weighted by atomic mass is 9.93. The minimum atomic E-state index is -1.70. The number of ketones is 1. The fraction of sp³-hybridized carbons (Fsp3) is 0.810. The second-order valence-corrected chi connectivity index (χ2v) is 7.60. The molecule has 1 rings (SSSR count). The van der Waals surface area contributed by atoms with Crippen molar-refractivity contribution in [1.29, 1.82) is 0 Å². The van der Waals surface area contributed by atoms with Crippen molar-refractivity contribution in [3.8, 4) is 0 Å². The normalized spacial score (nSPS) is 24.4. The first-order valence-electron chi connectivity index (χ1n) is 10.4. The van der Waals surface area contributed by atoms with E-state index in [1.54, 1.807) is 0 Å². The summed E-state index contributed by atoms with van der Waals surface area (Å²) >= 11 is 0. The minimum Gasteiger partial charge on any atom is -0.458 e. The zero-order valence-corrected chi connectivity index (χ0v) is 17.9. The molecule has 0 saturated carbocycles. The average Bonchev–Trinajstić information content (AvgIpc) is 2.88. The zero-order valence-electron chi connectivity index (χ0n) is 17.1. The summed E-state index contributed by atoms with van der Waals surface area (Å²) in [6.07, 6.45) is 13.5. The molecule has 164 valence electrons. The van der Waals surface area contributed by atoms with Gasteiger partial charge >= 0.3 is 5.97 Å². The number of hydrogen-bond acceptors (Lipinski definition) is 6. The lowest BCUT2D eigenvalue weighted by Crippen LogP contribution is -2.57. The summed E-state index contributed by atoms with van der Waals surface area (Å²) in [7, 11) is 0. The number of halogens is 1. The van der Waals surface area contributed by atoms with Gasteiger partial charge in [-0.15, -0.1) is 12.4 Å². The summed E-state index contributed by atoms with van der Waals surface area (Å²) in [6, 6.07) is 0. The van der Waals surface area contributed by atoms with Crippen LogP contribution >= 0.6 is 12.4 Å². The maximum atomic E-state index is 11.7. The second kappa shape index (κ2) is 15.0. The van der Waals surface area contributed by atoms with Crippen LogP contribution in [0.4, 0.5) is 0 Å². The number of aliphatic hydroxyl groups excluding tert-OH is 2. The van der Waals surface area contributed by atoms with Gasteiger partial charge in [-0.05, 0) is 25.7 Å². The summed E-state index contributed by atoms with van der Waals surface area (Å²) in [5.74, 6) is -0.356. The van der Waals surface area contributed by atoms with Gasteiger partial charge in [-0.3, -0.25) is 4.79 Å².